The molecule has 50 heavy (non-hydrogen) atoms. The molecule has 246 valence electrons. The van der Waals surface area contributed by atoms with Crippen LogP contribution in [0.15, 0.2) is 142 Å². The largest absolute Gasteiger partial charge is 0.436 e. The van der Waals surface area contributed by atoms with Gasteiger partial charge in [0.25, 0.3) is 11.8 Å². The van der Waals surface area contributed by atoms with Gasteiger partial charge in [-0.25, -0.2) is 9.88 Å². The number of hydrogen-bond donors (Lipinski definition) is 2. The summed E-state index contributed by atoms with van der Waals surface area (Å²) in [6, 6.07) is 37.7. The third-order valence-electron chi connectivity index (χ3n) is 8.18. The average Bonchev–Trinajstić information content (AvgIpc) is 3.69. The molecule has 2 N–H and O–H groups in total. The van der Waals surface area contributed by atoms with Crippen molar-refractivity contribution >= 4 is 63.9 Å². The number of oxazole rings is 1. The maximum atomic E-state index is 13.5. The van der Waals surface area contributed by atoms with E-state index in [9.17, 15) is 19.2 Å². The van der Waals surface area contributed by atoms with Crippen molar-refractivity contribution in [1.29, 1.82) is 0 Å². The van der Waals surface area contributed by atoms with Gasteiger partial charge >= 0.3 is 0 Å². The number of nitrogens with zero attached hydrogens (tertiary/aromatic N) is 2. The second-order valence-corrected chi connectivity index (χ2v) is 12.9. The topological polar surface area (TPSA) is 122 Å². The highest BCUT2D eigenvalue weighted by Crippen LogP contribution is 2.35. The van der Waals surface area contributed by atoms with Crippen LogP contribution in [0.3, 0.4) is 0 Å². The SMILES string of the molecule is Cc1ccccc1/C=C(\NC(=O)c1ccccc1)C(=O)Nc1ccc(SC2CC(=O)N(c3ccc(-c4nc5ccccc5o4)cc3)C2=O)cc1. The standard InChI is InChI=1S/C40H30N4O5S/c1-25-9-5-6-12-28(25)23-33(42-37(46)26-10-3-2-4-11-26)38(47)41-29-17-21-31(22-18-29)50-35-24-36(45)44(40(35)48)30-19-15-27(16-20-30)39-43-32-13-7-8-14-34(32)49-39/h2-23,35H,24H2,1H3,(H,41,47)(H,42,46)/b33-23-. The lowest BCUT2D eigenvalue weighted by atomic mass is 10.1. The maximum Gasteiger partial charge on any atom is 0.272 e. The van der Waals surface area contributed by atoms with Gasteiger partial charge < -0.3 is 15.1 Å². The van der Waals surface area contributed by atoms with Crippen LogP contribution in [0.2, 0.25) is 0 Å². The summed E-state index contributed by atoms with van der Waals surface area (Å²) in [6.07, 6.45) is 1.70. The van der Waals surface area contributed by atoms with Crippen LogP contribution in [0, 0.1) is 6.92 Å². The third-order valence-corrected chi connectivity index (χ3v) is 9.38. The van der Waals surface area contributed by atoms with E-state index in [0.29, 0.717) is 28.4 Å². The molecule has 1 aromatic heterocycles. The van der Waals surface area contributed by atoms with Crippen molar-refractivity contribution in [2.24, 2.45) is 0 Å². The monoisotopic (exact) mass is 678 g/mol. The van der Waals surface area contributed by atoms with Crippen LogP contribution in [0.25, 0.3) is 28.6 Å². The van der Waals surface area contributed by atoms with Crippen molar-refractivity contribution in [2.45, 2.75) is 23.5 Å². The van der Waals surface area contributed by atoms with Crippen molar-refractivity contribution in [3.63, 3.8) is 0 Å². The number of para-hydroxylation sites is 2. The first-order valence-corrected chi connectivity index (χ1v) is 16.7. The molecule has 1 atom stereocenters. The molecule has 1 fully saturated rings. The minimum absolute atomic E-state index is 0.0586. The molecule has 10 heteroatoms. The van der Waals surface area contributed by atoms with E-state index in [2.05, 4.69) is 15.6 Å². The van der Waals surface area contributed by atoms with Gasteiger partial charge in [-0.15, -0.1) is 11.8 Å². The number of carbonyl (C=O) groups excluding carboxylic acids is 4. The van der Waals surface area contributed by atoms with E-state index >= 15 is 0 Å². The summed E-state index contributed by atoms with van der Waals surface area (Å²) >= 11 is 1.29. The summed E-state index contributed by atoms with van der Waals surface area (Å²) in [5.74, 6) is -1.02. The second kappa shape index (κ2) is 14.1. The molecule has 0 bridgehead atoms. The highest BCUT2D eigenvalue weighted by atomic mass is 32.2. The number of amides is 4. The van der Waals surface area contributed by atoms with E-state index in [0.717, 1.165) is 27.1 Å². The molecule has 9 nitrogen and oxygen atoms in total. The number of aromatic nitrogens is 1. The Morgan fingerprint density at radius 3 is 2.28 bits per heavy atom. The van der Waals surface area contributed by atoms with Crippen LogP contribution in [0.4, 0.5) is 11.4 Å². The van der Waals surface area contributed by atoms with Gasteiger partial charge in [0.15, 0.2) is 5.58 Å². The van der Waals surface area contributed by atoms with Crippen molar-refractivity contribution in [1.82, 2.24) is 10.3 Å². The number of aryl methyl sites for hydroxylation is 1. The molecule has 7 rings (SSSR count). The highest BCUT2D eigenvalue weighted by molar-refractivity contribution is 8.00. The zero-order valence-electron chi connectivity index (χ0n) is 26.8. The Hall–Kier alpha value is -6.26. The molecular formula is C40H30N4O5S. The van der Waals surface area contributed by atoms with E-state index in [1.54, 1.807) is 78.9 Å². The van der Waals surface area contributed by atoms with Gasteiger partial charge in [0, 0.05) is 28.1 Å². The first-order valence-electron chi connectivity index (χ1n) is 15.9. The molecule has 1 aliphatic rings. The summed E-state index contributed by atoms with van der Waals surface area (Å²) in [4.78, 5) is 59.3. The van der Waals surface area contributed by atoms with Gasteiger partial charge in [0.05, 0.1) is 10.9 Å². The van der Waals surface area contributed by atoms with Gasteiger partial charge in [-0.1, -0.05) is 54.6 Å². The van der Waals surface area contributed by atoms with Gasteiger partial charge in [0.1, 0.15) is 11.2 Å². The Bertz CT molecular complexity index is 2230. The lowest BCUT2D eigenvalue weighted by Gasteiger charge is -2.15. The molecule has 0 spiro atoms. The van der Waals surface area contributed by atoms with Crippen molar-refractivity contribution in [3.05, 3.63) is 150 Å². The van der Waals surface area contributed by atoms with E-state index in [4.69, 9.17) is 4.42 Å². The molecule has 6 aromatic rings. The molecule has 0 aliphatic carbocycles. The number of nitrogens with one attached hydrogen (secondary N) is 2. The van der Waals surface area contributed by atoms with Crippen molar-refractivity contribution in [2.75, 3.05) is 10.2 Å². The fraction of sp³-hybridized carbons (Fsp3) is 0.0750. The molecule has 5 aromatic carbocycles. The number of benzene rings is 5. The fourth-order valence-electron chi connectivity index (χ4n) is 5.54. The van der Waals surface area contributed by atoms with Crippen LogP contribution in [0.1, 0.15) is 27.9 Å². The minimum Gasteiger partial charge on any atom is -0.436 e. The maximum absolute atomic E-state index is 13.5. The van der Waals surface area contributed by atoms with Gasteiger partial charge in [-0.3, -0.25) is 19.2 Å². The number of fused-ring (bicyclic) bond motifs is 1. The number of carbonyl (C=O) groups is 4. The first kappa shape index (κ1) is 32.3. The molecule has 1 unspecified atom stereocenters. The zero-order valence-corrected chi connectivity index (χ0v) is 27.6. The smallest absolute Gasteiger partial charge is 0.272 e. The van der Waals surface area contributed by atoms with E-state index in [1.165, 1.54) is 16.7 Å². The summed E-state index contributed by atoms with van der Waals surface area (Å²) in [5, 5.41) is 5.01. The van der Waals surface area contributed by atoms with Crippen LogP contribution < -0.4 is 15.5 Å². The van der Waals surface area contributed by atoms with Crippen molar-refractivity contribution < 1.29 is 23.6 Å². The molecular weight excluding hydrogens is 649 g/mol. The first-order chi connectivity index (χ1) is 24.3. The third kappa shape index (κ3) is 6.96. The fourth-order valence-corrected chi connectivity index (χ4v) is 6.60. The molecule has 0 radical (unpaired) electrons. The quantitative estimate of drug-likeness (QED) is 0.119. The molecule has 2 heterocycles. The second-order valence-electron chi connectivity index (χ2n) is 11.6. The van der Waals surface area contributed by atoms with Crippen LogP contribution in [-0.4, -0.2) is 33.9 Å². The lowest BCUT2D eigenvalue weighted by Crippen LogP contribution is -2.31. The van der Waals surface area contributed by atoms with Crippen LogP contribution >= 0.6 is 11.8 Å². The van der Waals surface area contributed by atoms with E-state index in [-0.39, 0.29) is 23.9 Å². The Morgan fingerprint density at radius 1 is 0.840 bits per heavy atom. The van der Waals surface area contributed by atoms with Crippen LogP contribution in [0.5, 0.6) is 0 Å². The summed E-state index contributed by atoms with van der Waals surface area (Å²) in [6.45, 7) is 1.93. The summed E-state index contributed by atoms with van der Waals surface area (Å²) < 4.78 is 5.84. The highest BCUT2D eigenvalue weighted by Gasteiger charge is 2.40. The minimum atomic E-state index is -0.600. The van der Waals surface area contributed by atoms with Crippen molar-refractivity contribution in [3.8, 4) is 11.5 Å². The van der Waals surface area contributed by atoms with Gasteiger partial charge in [-0.2, -0.15) is 0 Å². The van der Waals surface area contributed by atoms with Gasteiger partial charge in [0.2, 0.25) is 17.7 Å². The number of imide groups is 1. The zero-order chi connectivity index (χ0) is 34.6. The Labute approximate surface area is 292 Å². The Morgan fingerprint density at radius 2 is 1.54 bits per heavy atom. The number of thioether (sulfide) groups is 1. The Kier molecular flexibility index (Phi) is 9.09. The molecule has 4 amide bonds. The van der Waals surface area contributed by atoms with E-state index < -0.39 is 17.1 Å². The Balaban J connectivity index is 1.01. The molecule has 1 saturated heterocycles. The predicted molar refractivity (Wildman–Crippen MR) is 194 cm³/mol. The summed E-state index contributed by atoms with van der Waals surface area (Å²) in [7, 11) is 0. The normalized spacial score (nSPS) is 14.6. The van der Waals surface area contributed by atoms with Gasteiger partial charge in [-0.05, 0) is 96.9 Å². The lowest BCUT2D eigenvalue weighted by molar-refractivity contribution is -0.121. The predicted octanol–water partition coefficient (Wildman–Crippen LogP) is 7.64. The molecule has 1 aliphatic heterocycles. The summed E-state index contributed by atoms with van der Waals surface area (Å²) in [5.41, 5.74) is 5.39. The number of hydrogen-bond acceptors (Lipinski definition) is 7. The van der Waals surface area contributed by atoms with Crippen LogP contribution in [-0.2, 0) is 14.4 Å². The van der Waals surface area contributed by atoms with E-state index in [1.807, 2.05) is 61.5 Å². The average molecular weight is 679 g/mol. The molecule has 0 saturated carbocycles. The number of rotatable bonds is 9. The number of anilines is 2.